The zero-order valence-electron chi connectivity index (χ0n) is 11.1. The number of methoxy groups -OCH3 is 1. The number of nitrogens with one attached hydrogen (secondary N) is 1. The number of aromatic nitrogens is 2. The Hall–Kier alpha value is -2.36. The van der Waals surface area contributed by atoms with Gasteiger partial charge in [-0.25, -0.2) is 18.4 Å². The standard InChI is InChI=1S/C12H10F3N3O3S/c1-21-9-7-16-11(12(13,14)15)17-10(9)18-22(19,20)8-5-3-2-4-6-8/h2-7H,1H3,(H,16,17,18). The molecular formula is C12H10F3N3O3S. The minimum absolute atomic E-state index is 0.121. The second kappa shape index (κ2) is 5.79. The first-order chi connectivity index (χ1) is 10.2. The number of sulfonamides is 1. The number of nitrogens with zero attached hydrogens (tertiary/aromatic N) is 2. The third-order valence-electron chi connectivity index (χ3n) is 2.51. The van der Waals surface area contributed by atoms with Crippen LogP contribution in [0.25, 0.3) is 0 Å². The van der Waals surface area contributed by atoms with Crippen molar-refractivity contribution >= 4 is 15.8 Å². The number of benzene rings is 1. The van der Waals surface area contributed by atoms with Crippen LogP contribution < -0.4 is 9.46 Å². The summed E-state index contributed by atoms with van der Waals surface area (Å²) in [6.07, 6.45) is -4.06. The summed E-state index contributed by atoms with van der Waals surface area (Å²) in [6.45, 7) is 0. The van der Waals surface area contributed by atoms with Gasteiger partial charge in [0, 0.05) is 0 Å². The summed E-state index contributed by atoms with van der Waals surface area (Å²) in [5.41, 5.74) is 0. The molecule has 0 saturated carbocycles. The minimum Gasteiger partial charge on any atom is -0.491 e. The first-order valence-corrected chi connectivity index (χ1v) is 7.28. The number of anilines is 1. The summed E-state index contributed by atoms with van der Waals surface area (Å²) in [5, 5.41) is 0. The van der Waals surface area contributed by atoms with E-state index < -0.39 is 27.8 Å². The van der Waals surface area contributed by atoms with Gasteiger partial charge in [-0.15, -0.1) is 0 Å². The smallest absolute Gasteiger partial charge is 0.451 e. The fourth-order valence-electron chi connectivity index (χ4n) is 1.52. The largest absolute Gasteiger partial charge is 0.491 e. The molecule has 1 aromatic carbocycles. The highest BCUT2D eigenvalue weighted by Gasteiger charge is 2.35. The molecule has 0 unspecified atom stereocenters. The Labute approximate surface area is 124 Å². The van der Waals surface area contributed by atoms with Crippen molar-refractivity contribution < 1.29 is 26.3 Å². The highest BCUT2D eigenvalue weighted by Crippen LogP contribution is 2.30. The normalized spacial score (nSPS) is 12.0. The van der Waals surface area contributed by atoms with Gasteiger partial charge in [0.2, 0.25) is 5.82 Å². The molecule has 118 valence electrons. The van der Waals surface area contributed by atoms with Crippen molar-refractivity contribution in [3.05, 3.63) is 42.4 Å². The number of hydrogen-bond acceptors (Lipinski definition) is 5. The number of ether oxygens (including phenoxy) is 1. The third kappa shape index (κ3) is 3.45. The molecule has 0 radical (unpaired) electrons. The molecule has 2 rings (SSSR count). The highest BCUT2D eigenvalue weighted by molar-refractivity contribution is 7.92. The number of alkyl halides is 3. The Bertz CT molecular complexity index is 764. The van der Waals surface area contributed by atoms with E-state index in [1.165, 1.54) is 24.3 Å². The Balaban J connectivity index is 2.44. The van der Waals surface area contributed by atoms with Crippen LogP contribution in [0.4, 0.5) is 19.0 Å². The maximum Gasteiger partial charge on any atom is 0.451 e. The first-order valence-electron chi connectivity index (χ1n) is 5.80. The lowest BCUT2D eigenvalue weighted by Crippen LogP contribution is -2.18. The van der Waals surface area contributed by atoms with Crippen LogP contribution in [-0.2, 0) is 16.2 Å². The Morgan fingerprint density at radius 2 is 1.82 bits per heavy atom. The maximum atomic E-state index is 12.6. The van der Waals surface area contributed by atoms with Crippen molar-refractivity contribution in [1.29, 1.82) is 0 Å². The first kappa shape index (κ1) is 16.0. The fourth-order valence-corrected chi connectivity index (χ4v) is 2.55. The van der Waals surface area contributed by atoms with E-state index in [0.29, 0.717) is 0 Å². The maximum absolute atomic E-state index is 12.6. The molecule has 0 spiro atoms. The Kier molecular flexibility index (Phi) is 4.22. The van der Waals surface area contributed by atoms with Crippen LogP contribution in [0.5, 0.6) is 5.75 Å². The second-order valence-corrected chi connectivity index (χ2v) is 5.71. The molecule has 10 heteroatoms. The van der Waals surface area contributed by atoms with E-state index in [0.717, 1.165) is 13.3 Å². The van der Waals surface area contributed by atoms with Crippen LogP contribution >= 0.6 is 0 Å². The monoisotopic (exact) mass is 333 g/mol. The molecule has 1 heterocycles. The molecule has 0 saturated heterocycles. The average molecular weight is 333 g/mol. The lowest BCUT2D eigenvalue weighted by atomic mass is 10.4. The van der Waals surface area contributed by atoms with E-state index in [-0.39, 0.29) is 10.6 Å². The summed E-state index contributed by atoms with van der Waals surface area (Å²) < 4.78 is 68.8. The minimum atomic E-state index is -4.81. The summed E-state index contributed by atoms with van der Waals surface area (Å²) in [4.78, 5) is 6.14. The van der Waals surface area contributed by atoms with Crippen molar-refractivity contribution in [3.8, 4) is 5.75 Å². The van der Waals surface area contributed by atoms with Crippen molar-refractivity contribution in [3.63, 3.8) is 0 Å². The van der Waals surface area contributed by atoms with Gasteiger partial charge in [-0.2, -0.15) is 13.2 Å². The second-order valence-electron chi connectivity index (χ2n) is 4.03. The zero-order valence-corrected chi connectivity index (χ0v) is 11.9. The van der Waals surface area contributed by atoms with Gasteiger partial charge in [-0.3, -0.25) is 4.72 Å². The predicted molar refractivity (Wildman–Crippen MR) is 70.8 cm³/mol. The molecule has 6 nitrogen and oxygen atoms in total. The van der Waals surface area contributed by atoms with Crippen LogP contribution in [0.3, 0.4) is 0 Å². The predicted octanol–water partition coefficient (Wildman–Crippen LogP) is 2.30. The van der Waals surface area contributed by atoms with Gasteiger partial charge in [0.15, 0.2) is 11.6 Å². The molecule has 0 aliphatic carbocycles. The summed E-state index contributed by atoms with van der Waals surface area (Å²) >= 11 is 0. The molecule has 0 amide bonds. The van der Waals surface area contributed by atoms with Crippen molar-refractivity contribution in [2.24, 2.45) is 0 Å². The van der Waals surface area contributed by atoms with Gasteiger partial charge in [-0.1, -0.05) is 18.2 Å². The van der Waals surface area contributed by atoms with Gasteiger partial charge in [0.1, 0.15) is 0 Å². The lowest BCUT2D eigenvalue weighted by Gasteiger charge is -2.12. The van der Waals surface area contributed by atoms with E-state index in [9.17, 15) is 21.6 Å². The van der Waals surface area contributed by atoms with Gasteiger partial charge in [0.05, 0.1) is 18.2 Å². The molecule has 0 atom stereocenters. The van der Waals surface area contributed by atoms with E-state index in [1.807, 2.05) is 4.72 Å². The highest BCUT2D eigenvalue weighted by atomic mass is 32.2. The number of halogens is 3. The average Bonchev–Trinajstić information content (AvgIpc) is 2.47. The van der Waals surface area contributed by atoms with Crippen molar-refractivity contribution in [2.75, 3.05) is 11.8 Å². The van der Waals surface area contributed by atoms with Crippen LogP contribution in [0.1, 0.15) is 5.82 Å². The van der Waals surface area contributed by atoms with E-state index in [2.05, 4.69) is 9.97 Å². The fraction of sp³-hybridized carbons (Fsp3) is 0.167. The summed E-state index contributed by atoms with van der Waals surface area (Å²) in [5.74, 6) is -2.29. The van der Waals surface area contributed by atoms with E-state index in [1.54, 1.807) is 6.07 Å². The van der Waals surface area contributed by atoms with E-state index in [4.69, 9.17) is 4.74 Å². The number of hydrogen-bond donors (Lipinski definition) is 1. The molecule has 1 N–H and O–H groups in total. The van der Waals surface area contributed by atoms with Crippen LogP contribution in [0.2, 0.25) is 0 Å². The summed E-state index contributed by atoms with van der Waals surface area (Å²) in [6, 6.07) is 7.15. The van der Waals surface area contributed by atoms with Gasteiger partial charge in [0.25, 0.3) is 10.0 Å². The van der Waals surface area contributed by atoms with Gasteiger partial charge >= 0.3 is 6.18 Å². The Morgan fingerprint density at radius 1 is 1.18 bits per heavy atom. The third-order valence-corrected chi connectivity index (χ3v) is 3.87. The molecule has 0 aliphatic rings. The van der Waals surface area contributed by atoms with Crippen molar-refractivity contribution in [2.45, 2.75) is 11.1 Å². The van der Waals surface area contributed by atoms with Crippen LogP contribution in [0, 0.1) is 0 Å². The van der Waals surface area contributed by atoms with E-state index >= 15 is 0 Å². The Morgan fingerprint density at radius 3 is 2.36 bits per heavy atom. The zero-order chi connectivity index (χ0) is 16.4. The molecule has 22 heavy (non-hydrogen) atoms. The molecule has 1 aromatic heterocycles. The molecular weight excluding hydrogens is 323 g/mol. The van der Waals surface area contributed by atoms with Gasteiger partial charge in [-0.05, 0) is 12.1 Å². The molecule has 0 bridgehead atoms. The van der Waals surface area contributed by atoms with Crippen molar-refractivity contribution in [1.82, 2.24) is 9.97 Å². The molecule has 0 fully saturated rings. The molecule has 2 aromatic rings. The SMILES string of the molecule is COc1cnc(C(F)(F)F)nc1NS(=O)(=O)c1ccccc1. The number of rotatable bonds is 4. The lowest BCUT2D eigenvalue weighted by molar-refractivity contribution is -0.144. The topological polar surface area (TPSA) is 81.2 Å². The van der Waals surface area contributed by atoms with Crippen LogP contribution in [0.15, 0.2) is 41.4 Å². The molecule has 0 aliphatic heterocycles. The summed E-state index contributed by atoms with van der Waals surface area (Å²) in [7, 11) is -2.94. The quantitative estimate of drug-likeness (QED) is 0.928. The van der Waals surface area contributed by atoms with Gasteiger partial charge < -0.3 is 4.74 Å². The van der Waals surface area contributed by atoms with Crippen LogP contribution in [-0.4, -0.2) is 25.5 Å².